The van der Waals surface area contributed by atoms with E-state index in [2.05, 4.69) is 5.10 Å². The first kappa shape index (κ1) is 13.1. The summed E-state index contributed by atoms with van der Waals surface area (Å²) in [7, 11) is 0. The molecule has 5 heteroatoms. The Morgan fingerprint density at radius 3 is 2.57 bits per heavy atom. The van der Waals surface area contributed by atoms with Crippen LogP contribution in [-0.2, 0) is 0 Å². The van der Waals surface area contributed by atoms with Crippen LogP contribution in [0.1, 0.15) is 15.9 Å². The highest BCUT2D eigenvalue weighted by Crippen LogP contribution is 2.16. The summed E-state index contributed by atoms with van der Waals surface area (Å²) in [6.07, 6.45) is 3.12. The highest BCUT2D eigenvalue weighted by atomic mass is 19.1. The fourth-order valence-corrected chi connectivity index (χ4v) is 2.01. The number of anilines is 1. The van der Waals surface area contributed by atoms with Crippen LogP contribution in [0.3, 0.4) is 0 Å². The molecule has 0 radical (unpaired) electrons. The lowest BCUT2D eigenvalue weighted by molar-refractivity contribution is 0.103. The zero-order chi connectivity index (χ0) is 14.8. The Hall–Kier alpha value is -2.95. The van der Waals surface area contributed by atoms with Crippen LogP contribution in [0.5, 0.6) is 0 Å². The Bertz CT molecular complexity index is 796. The number of carbonyl (C=O) groups excluding carboxylic acids is 1. The van der Waals surface area contributed by atoms with E-state index in [1.165, 1.54) is 24.4 Å². The molecule has 0 saturated carbocycles. The van der Waals surface area contributed by atoms with Crippen LogP contribution in [-0.4, -0.2) is 15.6 Å². The largest absolute Gasteiger partial charge is 0.396 e. The molecule has 3 rings (SSSR count). The summed E-state index contributed by atoms with van der Waals surface area (Å²) in [6, 6.07) is 13.4. The fourth-order valence-electron chi connectivity index (χ4n) is 2.01. The van der Waals surface area contributed by atoms with Crippen molar-refractivity contribution >= 4 is 11.5 Å². The minimum Gasteiger partial charge on any atom is -0.396 e. The van der Waals surface area contributed by atoms with Gasteiger partial charge in [0.1, 0.15) is 5.82 Å². The summed E-state index contributed by atoms with van der Waals surface area (Å²) in [4.78, 5) is 12.3. The Labute approximate surface area is 120 Å². The molecule has 0 aliphatic rings. The molecule has 104 valence electrons. The molecule has 21 heavy (non-hydrogen) atoms. The van der Waals surface area contributed by atoms with Gasteiger partial charge >= 0.3 is 0 Å². The molecule has 3 aromatic rings. The smallest absolute Gasteiger partial charge is 0.196 e. The number of nitrogen functional groups attached to an aromatic ring is 1. The van der Waals surface area contributed by atoms with Gasteiger partial charge in [-0.3, -0.25) is 4.79 Å². The summed E-state index contributed by atoms with van der Waals surface area (Å²) in [6.45, 7) is 0. The molecule has 0 aliphatic carbocycles. The van der Waals surface area contributed by atoms with Crippen molar-refractivity contribution in [1.82, 2.24) is 9.78 Å². The Morgan fingerprint density at radius 2 is 1.86 bits per heavy atom. The van der Waals surface area contributed by atoms with Gasteiger partial charge in [-0.05, 0) is 30.3 Å². The summed E-state index contributed by atoms with van der Waals surface area (Å²) >= 11 is 0. The van der Waals surface area contributed by atoms with E-state index in [9.17, 15) is 9.18 Å². The third kappa shape index (κ3) is 2.53. The van der Waals surface area contributed by atoms with Gasteiger partial charge in [0.25, 0.3) is 0 Å². The van der Waals surface area contributed by atoms with Crippen molar-refractivity contribution < 1.29 is 9.18 Å². The molecule has 1 heterocycles. The van der Waals surface area contributed by atoms with Crippen molar-refractivity contribution in [1.29, 1.82) is 0 Å². The SMILES string of the molecule is Nc1cc(C(=O)c2cnn(-c3ccccc3)c2)ccc1F. The molecule has 0 amide bonds. The number of para-hydroxylation sites is 1. The predicted molar refractivity (Wildman–Crippen MR) is 77.8 cm³/mol. The van der Waals surface area contributed by atoms with Gasteiger partial charge in [0.15, 0.2) is 5.78 Å². The number of hydrogen-bond donors (Lipinski definition) is 1. The maximum absolute atomic E-state index is 13.1. The normalized spacial score (nSPS) is 10.5. The number of rotatable bonds is 3. The van der Waals surface area contributed by atoms with Crippen LogP contribution in [0.2, 0.25) is 0 Å². The lowest BCUT2D eigenvalue weighted by Crippen LogP contribution is -2.02. The minimum absolute atomic E-state index is 0.0451. The van der Waals surface area contributed by atoms with Gasteiger partial charge < -0.3 is 5.73 Å². The van der Waals surface area contributed by atoms with Crippen molar-refractivity contribution in [3.63, 3.8) is 0 Å². The monoisotopic (exact) mass is 281 g/mol. The molecule has 0 bridgehead atoms. The molecule has 0 spiro atoms. The summed E-state index contributed by atoms with van der Waals surface area (Å²) < 4.78 is 14.7. The molecule has 0 atom stereocenters. The van der Waals surface area contributed by atoms with Gasteiger partial charge in [-0.25, -0.2) is 9.07 Å². The van der Waals surface area contributed by atoms with Crippen LogP contribution < -0.4 is 5.73 Å². The van der Waals surface area contributed by atoms with Gasteiger partial charge in [0.2, 0.25) is 0 Å². The number of aromatic nitrogens is 2. The first-order valence-corrected chi connectivity index (χ1v) is 6.35. The maximum Gasteiger partial charge on any atom is 0.196 e. The molecule has 0 saturated heterocycles. The van der Waals surface area contributed by atoms with Crippen molar-refractivity contribution in [2.75, 3.05) is 5.73 Å². The second-order valence-corrected chi connectivity index (χ2v) is 4.57. The van der Waals surface area contributed by atoms with E-state index in [-0.39, 0.29) is 11.5 Å². The highest BCUT2D eigenvalue weighted by Gasteiger charge is 2.13. The Morgan fingerprint density at radius 1 is 1.10 bits per heavy atom. The summed E-state index contributed by atoms with van der Waals surface area (Å²) in [5.74, 6) is -0.782. The molecule has 1 aromatic heterocycles. The van der Waals surface area contributed by atoms with E-state index in [1.807, 2.05) is 30.3 Å². The van der Waals surface area contributed by atoms with Crippen molar-refractivity contribution in [2.24, 2.45) is 0 Å². The summed E-state index contributed by atoms with van der Waals surface area (Å²) in [5.41, 5.74) is 7.05. The minimum atomic E-state index is -0.536. The van der Waals surface area contributed by atoms with Crippen molar-refractivity contribution in [3.05, 3.63) is 77.9 Å². The number of benzene rings is 2. The number of nitrogens with zero attached hydrogens (tertiary/aromatic N) is 2. The van der Waals surface area contributed by atoms with E-state index in [1.54, 1.807) is 10.9 Å². The number of ketones is 1. The lowest BCUT2D eigenvalue weighted by atomic mass is 10.1. The zero-order valence-corrected chi connectivity index (χ0v) is 11.0. The fraction of sp³-hybridized carbons (Fsp3) is 0. The number of carbonyl (C=O) groups is 1. The predicted octanol–water partition coefficient (Wildman–Crippen LogP) is 2.82. The second-order valence-electron chi connectivity index (χ2n) is 4.57. The number of halogens is 1. The maximum atomic E-state index is 13.1. The zero-order valence-electron chi connectivity index (χ0n) is 11.0. The first-order chi connectivity index (χ1) is 10.1. The van der Waals surface area contributed by atoms with E-state index in [0.29, 0.717) is 11.1 Å². The third-order valence-electron chi connectivity index (χ3n) is 3.12. The highest BCUT2D eigenvalue weighted by molar-refractivity contribution is 6.09. The Balaban J connectivity index is 1.92. The van der Waals surface area contributed by atoms with Gasteiger partial charge in [0.05, 0.1) is 23.1 Å². The first-order valence-electron chi connectivity index (χ1n) is 6.35. The molecule has 4 nitrogen and oxygen atoms in total. The van der Waals surface area contributed by atoms with Crippen LogP contribution in [0, 0.1) is 5.82 Å². The van der Waals surface area contributed by atoms with Gasteiger partial charge in [-0.15, -0.1) is 0 Å². The van der Waals surface area contributed by atoms with Crippen LogP contribution in [0.4, 0.5) is 10.1 Å². The van der Waals surface area contributed by atoms with E-state index < -0.39 is 5.82 Å². The molecule has 2 N–H and O–H groups in total. The quantitative estimate of drug-likeness (QED) is 0.593. The molecular formula is C16H12FN3O. The van der Waals surface area contributed by atoms with Crippen LogP contribution >= 0.6 is 0 Å². The lowest BCUT2D eigenvalue weighted by Gasteiger charge is -2.01. The van der Waals surface area contributed by atoms with Gasteiger partial charge in [-0.1, -0.05) is 18.2 Å². The number of nitrogens with two attached hydrogens (primary N) is 1. The Kier molecular flexibility index (Phi) is 3.23. The van der Waals surface area contributed by atoms with Crippen molar-refractivity contribution in [3.8, 4) is 5.69 Å². The second kappa shape index (κ2) is 5.20. The van der Waals surface area contributed by atoms with Crippen molar-refractivity contribution in [2.45, 2.75) is 0 Å². The average molecular weight is 281 g/mol. The van der Waals surface area contributed by atoms with E-state index in [0.717, 1.165) is 5.69 Å². The average Bonchev–Trinajstić information content (AvgIpc) is 3.00. The molecule has 0 unspecified atom stereocenters. The van der Waals surface area contributed by atoms with Crippen LogP contribution in [0.25, 0.3) is 5.69 Å². The van der Waals surface area contributed by atoms with Gasteiger partial charge in [0, 0.05) is 11.8 Å². The van der Waals surface area contributed by atoms with Gasteiger partial charge in [-0.2, -0.15) is 5.10 Å². The standard InChI is InChI=1S/C16H12FN3O/c17-14-7-6-11(8-15(14)18)16(21)12-9-19-20(10-12)13-4-2-1-3-5-13/h1-10H,18H2. The molecule has 2 aromatic carbocycles. The van der Waals surface area contributed by atoms with E-state index >= 15 is 0 Å². The topological polar surface area (TPSA) is 60.9 Å². The molecule has 0 fully saturated rings. The summed E-state index contributed by atoms with van der Waals surface area (Å²) in [5, 5.41) is 4.16. The van der Waals surface area contributed by atoms with Crippen LogP contribution in [0.15, 0.2) is 60.9 Å². The molecular weight excluding hydrogens is 269 g/mol. The van der Waals surface area contributed by atoms with E-state index in [4.69, 9.17) is 5.73 Å². The molecule has 0 aliphatic heterocycles. The number of hydrogen-bond acceptors (Lipinski definition) is 3. The third-order valence-corrected chi connectivity index (χ3v) is 3.12.